The molecule has 1 fully saturated rings. The molecule has 1 N–H and O–H groups in total. The molecule has 166 valence electrons. The smallest absolute Gasteiger partial charge is 0.229 e. The van der Waals surface area contributed by atoms with Crippen molar-refractivity contribution in [3.63, 3.8) is 0 Å². The number of nitrogens with zero attached hydrogens (tertiary/aromatic N) is 1. The summed E-state index contributed by atoms with van der Waals surface area (Å²) in [6.45, 7) is 8.89. The highest BCUT2D eigenvalue weighted by molar-refractivity contribution is 6.30. The van der Waals surface area contributed by atoms with E-state index in [0.717, 1.165) is 30.5 Å². The number of likely N-dealkylation sites (tertiary alicyclic amines) is 1. The molecule has 3 rings (SSSR count). The number of carbonyl (C=O) groups is 1. The Morgan fingerprint density at radius 3 is 2.48 bits per heavy atom. The minimum Gasteiger partial charge on any atom is -0.330 e. The molecule has 1 saturated heterocycles. The monoisotopic (exact) mass is 458 g/mol. The van der Waals surface area contributed by atoms with E-state index in [1.54, 1.807) is 0 Å². The number of rotatable bonds is 8. The van der Waals surface area contributed by atoms with Crippen molar-refractivity contribution in [3.8, 4) is 0 Å². The molecule has 2 aromatic carbocycles. The molecule has 1 aliphatic rings. The van der Waals surface area contributed by atoms with Crippen molar-refractivity contribution in [3.05, 3.63) is 82.4 Å². The van der Waals surface area contributed by atoms with Crippen LogP contribution in [-0.4, -0.2) is 30.4 Å². The molecule has 1 aliphatic heterocycles. The van der Waals surface area contributed by atoms with Gasteiger partial charge in [0.2, 0.25) is 5.91 Å². The van der Waals surface area contributed by atoms with Gasteiger partial charge in [-0.25, -0.2) is 0 Å². The predicted octanol–water partition coefficient (Wildman–Crippen LogP) is 6.63. The van der Waals surface area contributed by atoms with E-state index in [4.69, 9.17) is 23.2 Å². The van der Waals surface area contributed by atoms with Crippen LogP contribution in [0, 0.1) is 5.41 Å². The summed E-state index contributed by atoms with van der Waals surface area (Å²) in [4.78, 5) is 16.1. The molecule has 0 aliphatic carbocycles. The van der Waals surface area contributed by atoms with Crippen molar-refractivity contribution in [1.29, 1.82) is 0 Å². The standard InChI is InChI=1S/C26H32Cl2N2O/c1-5-14-26(3)16-23(19-8-7-9-21(28)15-19)24(18-10-12-20(27)13-11-18)30(25(26)31)22(6-2)17-29-4/h5,7-13,15,22-24,29H,1,6,14,16-17H2,2-4H3. The first-order chi connectivity index (χ1) is 14.8. The number of benzene rings is 2. The molecule has 5 heteroatoms. The zero-order valence-electron chi connectivity index (χ0n) is 18.6. The molecule has 0 bridgehead atoms. The summed E-state index contributed by atoms with van der Waals surface area (Å²) in [7, 11) is 1.94. The third-order valence-electron chi connectivity index (χ3n) is 6.49. The highest BCUT2D eigenvalue weighted by Gasteiger charge is 2.50. The number of amides is 1. The van der Waals surface area contributed by atoms with Crippen LogP contribution in [0.5, 0.6) is 0 Å². The number of halogens is 2. The molecule has 4 atom stereocenters. The van der Waals surface area contributed by atoms with E-state index >= 15 is 0 Å². The maximum Gasteiger partial charge on any atom is 0.229 e. The lowest BCUT2D eigenvalue weighted by Gasteiger charge is -2.52. The summed E-state index contributed by atoms with van der Waals surface area (Å²) in [6, 6.07) is 15.9. The molecule has 3 nitrogen and oxygen atoms in total. The third-order valence-corrected chi connectivity index (χ3v) is 6.98. The van der Waals surface area contributed by atoms with Crippen molar-refractivity contribution in [2.75, 3.05) is 13.6 Å². The summed E-state index contributed by atoms with van der Waals surface area (Å²) in [5.74, 6) is 0.293. The van der Waals surface area contributed by atoms with Crippen LogP contribution in [0.15, 0.2) is 61.2 Å². The number of hydrogen-bond acceptors (Lipinski definition) is 2. The normalized spacial score (nSPS) is 24.8. The highest BCUT2D eigenvalue weighted by atomic mass is 35.5. The molecule has 0 radical (unpaired) electrons. The van der Waals surface area contributed by atoms with Crippen molar-refractivity contribution in [2.24, 2.45) is 5.41 Å². The Labute approximate surface area is 196 Å². The second-order valence-electron chi connectivity index (χ2n) is 8.75. The van der Waals surface area contributed by atoms with Crippen molar-refractivity contribution < 1.29 is 4.79 Å². The number of piperidine rings is 1. The first-order valence-corrected chi connectivity index (χ1v) is 11.7. The molecular weight excluding hydrogens is 427 g/mol. The van der Waals surface area contributed by atoms with Crippen molar-refractivity contribution in [2.45, 2.75) is 51.1 Å². The number of likely N-dealkylation sites (N-methyl/N-ethyl adjacent to an activating group) is 1. The van der Waals surface area contributed by atoms with Crippen LogP contribution in [0.25, 0.3) is 0 Å². The van der Waals surface area contributed by atoms with Gasteiger partial charge in [0.15, 0.2) is 0 Å². The van der Waals surface area contributed by atoms with Gasteiger partial charge < -0.3 is 10.2 Å². The lowest BCUT2D eigenvalue weighted by Crippen LogP contribution is -2.57. The zero-order valence-corrected chi connectivity index (χ0v) is 20.1. The Kier molecular flexibility index (Phi) is 7.85. The van der Waals surface area contributed by atoms with Crippen LogP contribution < -0.4 is 5.32 Å². The number of allylic oxidation sites excluding steroid dienone is 1. The quantitative estimate of drug-likeness (QED) is 0.450. The van der Waals surface area contributed by atoms with Crippen molar-refractivity contribution in [1.82, 2.24) is 10.2 Å². The van der Waals surface area contributed by atoms with Crippen LogP contribution >= 0.6 is 23.2 Å². The number of hydrogen-bond donors (Lipinski definition) is 1. The van der Waals surface area contributed by atoms with Crippen LogP contribution in [0.4, 0.5) is 0 Å². The summed E-state index contributed by atoms with van der Waals surface area (Å²) in [6.07, 6.45) is 4.11. The Bertz CT molecular complexity index is 914. The van der Waals surface area contributed by atoms with E-state index in [1.165, 1.54) is 0 Å². The lowest BCUT2D eigenvalue weighted by atomic mass is 9.67. The van der Waals surface area contributed by atoms with Crippen LogP contribution in [0.3, 0.4) is 0 Å². The average Bonchev–Trinajstić information content (AvgIpc) is 2.75. The van der Waals surface area contributed by atoms with E-state index in [9.17, 15) is 4.79 Å². The zero-order chi connectivity index (χ0) is 22.6. The maximum atomic E-state index is 14.0. The summed E-state index contributed by atoms with van der Waals surface area (Å²) < 4.78 is 0. The number of nitrogens with one attached hydrogen (secondary N) is 1. The van der Waals surface area contributed by atoms with Gasteiger partial charge in [0.05, 0.1) is 11.5 Å². The second kappa shape index (κ2) is 10.2. The molecule has 4 unspecified atom stereocenters. The van der Waals surface area contributed by atoms with Gasteiger partial charge in [0, 0.05) is 28.5 Å². The fraction of sp³-hybridized carbons (Fsp3) is 0.423. The van der Waals surface area contributed by atoms with Gasteiger partial charge in [0.25, 0.3) is 0 Å². The SMILES string of the molecule is C=CCC1(C)CC(c2cccc(Cl)c2)C(c2ccc(Cl)cc2)N(C(CC)CNC)C1=O. The van der Waals surface area contributed by atoms with E-state index in [-0.39, 0.29) is 23.9 Å². The molecular formula is C26H32Cl2N2O. The minimum absolute atomic E-state index is 0.0734. The van der Waals surface area contributed by atoms with Gasteiger partial charge in [-0.3, -0.25) is 4.79 Å². The molecule has 0 saturated carbocycles. The van der Waals surface area contributed by atoms with Gasteiger partial charge in [-0.1, -0.05) is 67.4 Å². The molecule has 31 heavy (non-hydrogen) atoms. The van der Waals surface area contributed by atoms with E-state index in [1.807, 2.05) is 55.6 Å². The van der Waals surface area contributed by atoms with Crippen LogP contribution in [0.1, 0.15) is 56.2 Å². The first-order valence-electron chi connectivity index (χ1n) is 10.9. The maximum absolute atomic E-state index is 14.0. The topological polar surface area (TPSA) is 32.3 Å². The summed E-state index contributed by atoms with van der Waals surface area (Å²) in [5.41, 5.74) is 1.73. The lowest BCUT2D eigenvalue weighted by molar-refractivity contribution is -0.154. The van der Waals surface area contributed by atoms with Crippen molar-refractivity contribution >= 4 is 29.1 Å². The fourth-order valence-electron chi connectivity index (χ4n) is 4.96. The number of carbonyl (C=O) groups excluding carboxylic acids is 1. The van der Waals surface area contributed by atoms with Crippen LogP contribution in [0.2, 0.25) is 10.0 Å². The third kappa shape index (κ3) is 5.00. The van der Waals surface area contributed by atoms with Gasteiger partial charge in [0.1, 0.15) is 0 Å². The van der Waals surface area contributed by atoms with E-state index < -0.39 is 5.41 Å². The molecule has 1 heterocycles. The molecule has 1 amide bonds. The Morgan fingerprint density at radius 1 is 1.19 bits per heavy atom. The van der Waals surface area contributed by atoms with Crippen LogP contribution in [-0.2, 0) is 4.79 Å². The predicted molar refractivity (Wildman–Crippen MR) is 131 cm³/mol. The summed E-state index contributed by atoms with van der Waals surface area (Å²) in [5, 5.41) is 4.69. The molecule has 0 aromatic heterocycles. The minimum atomic E-state index is -0.515. The fourth-order valence-corrected chi connectivity index (χ4v) is 5.29. The van der Waals surface area contributed by atoms with E-state index in [2.05, 4.69) is 36.7 Å². The first kappa shape index (κ1) is 23.8. The summed E-state index contributed by atoms with van der Waals surface area (Å²) >= 11 is 12.6. The second-order valence-corrected chi connectivity index (χ2v) is 9.62. The van der Waals surface area contributed by atoms with E-state index in [0.29, 0.717) is 16.5 Å². The molecule has 0 spiro atoms. The van der Waals surface area contributed by atoms with Gasteiger partial charge in [-0.15, -0.1) is 6.58 Å². The average molecular weight is 459 g/mol. The highest BCUT2D eigenvalue weighted by Crippen LogP contribution is 2.52. The Hall–Kier alpha value is -1.81. The Morgan fingerprint density at radius 2 is 1.90 bits per heavy atom. The van der Waals surface area contributed by atoms with Gasteiger partial charge in [-0.05, 0) is 61.7 Å². The molecule has 2 aromatic rings. The van der Waals surface area contributed by atoms with Gasteiger partial charge >= 0.3 is 0 Å². The largest absolute Gasteiger partial charge is 0.330 e. The van der Waals surface area contributed by atoms with Gasteiger partial charge in [-0.2, -0.15) is 0 Å². The Balaban J connectivity index is 2.21.